The molecule has 0 aliphatic rings. The highest BCUT2D eigenvalue weighted by molar-refractivity contribution is 6.60. The van der Waals surface area contributed by atoms with Crippen LogP contribution in [-0.4, -0.2) is 40.4 Å². The second-order valence-electron chi connectivity index (χ2n) is 6.88. The van der Waals surface area contributed by atoms with Gasteiger partial charge in [-0.3, -0.25) is 0 Å². The number of unbranched alkanes of at least 4 members (excludes halogenated alkanes) is 5. The van der Waals surface area contributed by atoms with Crippen LogP contribution in [0.15, 0.2) is 18.7 Å². The van der Waals surface area contributed by atoms with Gasteiger partial charge in [0.05, 0.1) is 19.1 Å². The lowest BCUT2D eigenvalue weighted by Crippen LogP contribution is -2.46. The van der Waals surface area contributed by atoms with Gasteiger partial charge in [-0.05, 0) is 33.6 Å². The number of hydrogen-bond acceptors (Lipinski definition) is 3. The molecule has 0 aromatic carbocycles. The third-order valence-electron chi connectivity index (χ3n) is 4.29. The molecular formula is C19H39BF4N2O3Si. The molecule has 11 heteroatoms. The number of imidazole rings is 1. The molecule has 0 amide bonds. The van der Waals surface area contributed by atoms with Crippen LogP contribution in [-0.2, 0) is 26.4 Å². The predicted octanol–water partition coefficient (Wildman–Crippen LogP) is 5.48. The van der Waals surface area contributed by atoms with Gasteiger partial charge < -0.3 is 30.5 Å². The highest BCUT2D eigenvalue weighted by Crippen LogP contribution is 2.17. The molecule has 1 heterocycles. The van der Waals surface area contributed by atoms with Crippen molar-refractivity contribution in [3.63, 3.8) is 0 Å². The normalized spacial score (nSPS) is 12.0. The standard InChI is InChI=1S/C19H39N2O3Si.BF4/c1-5-9-10-11-12-13-14-20-15-16-21(19-20)17-18-25(22-6-2,23-7-3)24-8-4;2-1(3,4)5/h15-16,19H,5-14,17-18H2,1-4H3;/q+1;-1. The van der Waals surface area contributed by atoms with Gasteiger partial charge in [0.15, 0.2) is 0 Å². The molecule has 1 aromatic heterocycles. The Morgan fingerprint density at radius 3 is 1.83 bits per heavy atom. The van der Waals surface area contributed by atoms with Crippen molar-refractivity contribution in [2.45, 2.75) is 85.4 Å². The van der Waals surface area contributed by atoms with Crippen LogP contribution >= 0.6 is 0 Å². The maximum Gasteiger partial charge on any atom is 0.673 e. The van der Waals surface area contributed by atoms with Crippen molar-refractivity contribution >= 4 is 16.1 Å². The number of aromatic nitrogens is 2. The lowest BCUT2D eigenvalue weighted by atomic mass is 10.1. The minimum absolute atomic E-state index is 0.635. The van der Waals surface area contributed by atoms with Gasteiger partial charge in [-0.2, -0.15) is 0 Å². The summed E-state index contributed by atoms with van der Waals surface area (Å²) in [7, 11) is -8.54. The lowest BCUT2D eigenvalue weighted by Gasteiger charge is -2.27. The molecule has 0 fully saturated rings. The van der Waals surface area contributed by atoms with Crippen molar-refractivity contribution in [3.05, 3.63) is 18.7 Å². The summed E-state index contributed by atoms with van der Waals surface area (Å²) in [4.78, 5) is 0. The van der Waals surface area contributed by atoms with Crippen LogP contribution in [0.1, 0.15) is 66.2 Å². The van der Waals surface area contributed by atoms with Crippen LogP contribution in [0.2, 0.25) is 6.04 Å². The first-order valence-electron chi connectivity index (χ1n) is 11.0. The molecule has 1 aromatic rings. The molecule has 0 aliphatic heterocycles. The number of halogens is 4. The van der Waals surface area contributed by atoms with Gasteiger partial charge in [0.25, 0.3) is 0 Å². The largest absolute Gasteiger partial charge is 0.673 e. The summed E-state index contributed by atoms with van der Waals surface area (Å²) in [6, 6.07) is 0.814. The second-order valence-corrected chi connectivity index (χ2v) is 9.62. The SMILES string of the molecule is CCCCCCCC[n+]1ccn(CC[Si](OCC)(OCC)OCC)c1.F[B-](F)(F)F. The Labute approximate surface area is 180 Å². The Bertz CT molecular complexity index is 513. The van der Waals surface area contributed by atoms with Crippen molar-refractivity contribution in [2.24, 2.45) is 0 Å². The van der Waals surface area contributed by atoms with Crippen LogP contribution in [0.5, 0.6) is 0 Å². The Morgan fingerprint density at radius 1 is 0.833 bits per heavy atom. The van der Waals surface area contributed by atoms with Crippen molar-refractivity contribution < 1.29 is 35.1 Å². The van der Waals surface area contributed by atoms with Gasteiger partial charge in [0, 0.05) is 19.8 Å². The van der Waals surface area contributed by atoms with E-state index in [2.05, 4.69) is 34.8 Å². The van der Waals surface area contributed by atoms with Gasteiger partial charge in [0.2, 0.25) is 6.33 Å². The molecule has 0 saturated carbocycles. The van der Waals surface area contributed by atoms with Gasteiger partial charge in [-0.1, -0.05) is 32.6 Å². The number of hydrogen-bond donors (Lipinski definition) is 0. The third-order valence-corrected chi connectivity index (χ3v) is 7.31. The maximum absolute atomic E-state index is 9.75. The molecule has 0 aliphatic carbocycles. The van der Waals surface area contributed by atoms with E-state index in [0.717, 1.165) is 19.1 Å². The first-order chi connectivity index (χ1) is 14.2. The fraction of sp³-hybridized carbons (Fsp3) is 0.842. The third kappa shape index (κ3) is 15.9. The zero-order valence-corrected chi connectivity index (χ0v) is 19.9. The van der Waals surface area contributed by atoms with Crippen molar-refractivity contribution in [3.8, 4) is 0 Å². The number of nitrogens with zero attached hydrogens (tertiary/aromatic N) is 2. The molecule has 1 rings (SSSR count). The summed E-state index contributed by atoms with van der Waals surface area (Å²) >= 11 is 0. The summed E-state index contributed by atoms with van der Waals surface area (Å²) in [5.74, 6) is 0. The molecule has 0 bridgehead atoms. The quantitative estimate of drug-likeness (QED) is 0.142. The van der Waals surface area contributed by atoms with E-state index in [9.17, 15) is 17.3 Å². The van der Waals surface area contributed by atoms with E-state index >= 15 is 0 Å². The molecule has 30 heavy (non-hydrogen) atoms. The molecule has 178 valence electrons. The van der Waals surface area contributed by atoms with E-state index in [1.54, 1.807) is 0 Å². The van der Waals surface area contributed by atoms with Crippen LogP contribution in [0.25, 0.3) is 0 Å². The minimum Gasteiger partial charge on any atom is -0.418 e. The van der Waals surface area contributed by atoms with Crippen molar-refractivity contribution in [2.75, 3.05) is 19.8 Å². The molecule has 0 unspecified atom stereocenters. The molecule has 0 spiro atoms. The summed E-state index contributed by atoms with van der Waals surface area (Å²) in [5, 5.41) is 0. The maximum atomic E-state index is 9.75. The van der Waals surface area contributed by atoms with E-state index in [1.165, 1.54) is 38.5 Å². The van der Waals surface area contributed by atoms with E-state index < -0.39 is 16.1 Å². The Hall–Kier alpha value is -0.908. The summed E-state index contributed by atoms with van der Waals surface area (Å²) in [5.41, 5.74) is 0. The zero-order valence-electron chi connectivity index (χ0n) is 18.9. The van der Waals surface area contributed by atoms with E-state index in [1.807, 2.05) is 20.8 Å². The Morgan fingerprint density at radius 2 is 1.33 bits per heavy atom. The molecule has 0 radical (unpaired) electrons. The van der Waals surface area contributed by atoms with Gasteiger partial charge in [-0.25, -0.2) is 9.13 Å². The Balaban J connectivity index is 0.00000150. The van der Waals surface area contributed by atoms with Crippen LogP contribution in [0, 0.1) is 0 Å². The fourth-order valence-electron chi connectivity index (χ4n) is 3.05. The molecular weight excluding hydrogens is 419 g/mol. The zero-order chi connectivity index (χ0) is 22.9. The first-order valence-corrected chi connectivity index (χ1v) is 13.0. The summed E-state index contributed by atoms with van der Waals surface area (Å²) in [6.07, 6.45) is 14.5. The lowest BCUT2D eigenvalue weighted by molar-refractivity contribution is -0.696. The van der Waals surface area contributed by atoms with Gasteiger partial charge >= 0.3 is 16.1 Å². The topological polar surface area (TPSA) is 36.5 Å². The van der Waals surface area contributed by atoms with Crippen LogP contribution in [0.4, 0.5) is 17.3 Å². The number of aryl methyl sites for hydroxylation is 2. The van der Waals surface area contributed by atoms with Crippen molar-refractivity contribution in [1.82, 2.24) is 4.57 Å². The van der Waals surface area contributed by atoms with E-state index in [4.69, 9.17) is 13.3 Å². The average Bonchev–Trinajstić information content (AvgIpc) is 3.10. The molecule has 0 saturated heterocycles. The highest BCUT2D eigenvalue weighted by Gasteiger charge is 2.40. The average molecular weight is 458 g/mol. The van der Waals surface area contributed by atoms with Gasteiger partial charge in [0.1, 0.15) is 12.4 Å². The van der Waals surface area contributed by atoms with Gasteiger partial charge in [-0.15, -0.1) is 0 Å². The van der Waals surface area contributed by atoms with Crippen molar-refractivity contribution in [1.29, 1.82) is 0 Å². The molecule has 0 atom stereocenters. The highest BCUT2D eigenvalue weighted by atomic mass is 28.4. The number of rotatable bonds is 16. The molecule has 5 nitrogen and oxygen atoms in total. The monoisotopic (exact) mass is 458 g/mol. The fourth-order valence-corrected chi connectivity index (χ4v) is 5.58. The Kier molecular flexibility index (Phi) is 16.2. The van der Waals surface area contributed by atoms with E-state index in [-0.39, 0.29) is 0 Å². The summed E-state index contributed by atoms with van der Waals surface area (Å²) in [6.45, 7) is 12.2. The van der Waals surface area contributed by atoms with Crippen LogP contribution in [0.3, 0.4) is 0 Å². The summed E-state index contributed by atoms with van der Waals surface area (Å²) < 4.78 is 61.3. The first kappa shape index (κ1) is 29.1. The molecule has 0 N–H and O–H groups in total. The second kappa shape index (κ2) is 16.7. The predicted molar refractivity (Wildman–Crippen MR) is 114 cm³/mol. The smallest absolute Gasteiger partial charge is 0.418 e. The minimum atomic E-state index is -6.00. The van der Waals surface area contributed by atoms with E-state index in [0.29, 0.717) is 19.8 Å². The van der Waals surface area contributed by atoms with Crippen LogP contribution < -0.4 is 4.57 Å².